The molecule has 1 aliphatic rings. The number of carbonyl (C=O) groups is 2. The van der Waals surface area contributed by atoms with Crippen molar-refractivity contribution in [1.82, 2.24) is 9.80 Å². The van der Waals surface area contributed by atoms with Crippen molar-refractivity contribution in [2.45, 2.75) is 13.8 Å². The third-order valence-electron chi connectivity index (χ3n) is 4.86. The molecule has 142 valence electrons. The number of hydrogen-bond acceptors (Lipinski definition) is 3. The van der Waals surface area contributed by atoms with E-state index in [0.29, 0.717) is 42.5 Å². The zero-order valence-electron chi connectivity index (χ0n) is 15.6. The van der Waals surface area contributed by atoms with Crippen LogP contribution in [-0.2, 0) is 4.79 Å². The summed E-state index contributed by atoms with van der Waals surface area (Å²) in [5.74, 6) is 0.404. The van der Waals surface area contributed by atoms with E-state index in [-0.39, 0.29) is 18.4 Å². The van der Waals surface area contributed by atoms with E-state index in [1.807, 2.05) is 44.2 Å². The van der Waals surface area contributed by atoms with Gasteiger partial charge in [0.1, 0.15) is 5.75 Å². The van der Waals surface area contributed by atoms with E-state index in [0.717, 1.165) is 5.56 Å². The van der Waals surface area contributed by atoms with E-state index in [1.54, 1.807) is 21.9 Å². The number of ether oxygens (including phenoxy) is 1. The van der Waals surface area contributed by atoms with E-state index in [1.165, 1.54) is 5.56 Å². The van der Waals surface area contributed by atoms with Crippen LogP contribution in [0, 0.1) is 13.8 Å². The minimum Gasteiger partial charge on any atom is -0.482 e. The summed E-state index contributed by atoms with van der Waals surface area (Å²) < 4.78 is 5.52. The minimum absolute atomic E-state index is 0.0116. The van der Waals surface area contributed by atoms with E-state index in [9.17, 15) is 9.59 Å². The Bertz CT molecular complexity index is 845. The normalized spacial score (nSPS) is 14.2. The van der Waals surface area contributed by atoms with Gasteiger partial charge in [-0.25, -0.2) is 0 Å². The smallest absolute Gasteiger partial charge is 0.260 e. The van der Waals surface area contributed by atoms with Gasteiger partial charge >= 0.3 is 0 Å². The Labute approximate surface area is 164 Å². The number of para-hydroxylation sites is 1. The summed E-state index contributed by atoms with van der Waals surface area (Å²) in [6.45, 7) is 6.00. The average Bonchev–Trinajstić information content (AvgIpc) is 2.69. The lowest BCUT2D eigenvalue weighted by atomic mass is 10.1. The molecule has 0 radical (unpaired) electrons. The van der Waals surface area contributed by atoms with E-state index in [4.69, 9.17) is 16.3 Å². The van der Waals surface area contributed by atoms with Crippen LogP contribution in [0.1, 0.15) is 21.5 Å². The van der Waals surface area contributed by atoms with Crippen molar-refractivity contribution in [2.24, 2.45) is 0 Å². The highest BCUT2D eigenvalue weighted by molar-refractivity contribution is 6.32. The van der Waals surface area contributed by atoms with Crippen LogP contribution in [0.3, 0.4) is 0 Å². The molecule has 0 spiro atoms. The standard InChI is InChI=1S/C21H23ClN2O3/c1-15-7-8-17(13-16(15)2)21(26)24-11-9-23(10-12-24)20(25)14-27-19-6-4-3-5-18(19)22/h3-8,13H,9-12,14H2,1-2H3. The zero-order valence-corrected chi connectivity index (χ0v) is 16.3. The molecule has 2 aromatic rings. The number of piperazine rings is 1. The fourth-order valence-electron chi connectivity index (χ4n) is 3.01. The molecule has 0 aliphatic carbocycles. The molecule has 6 heteroatoms. The molecule has 5 nitrogen and oxygen atoms in total. The predicted octanol–water partition coefficient (Wildman–Crippen LogP) is 3.32. The first-order chi connectivity index (χ1) is 13.0. The second-order valence-corrected chi connectivity index (χ2v) is 7.10. The molecular weight excluding hydrogens is 364 g/mol. The van der Waals surface area contributed by atoms with Gasteiger partial charge in [0.25, 0.3) is 11.8 Å². The summed E-state index contributed by atoms with van der Waals surface area (Å²) in [4.78, 5) is 28.6. The molecule has 2 amide bonds. The Morgan fingerprint density at radius 1 is 0.963 bits per heavy atom. The Morgan fingerprint density at radius 2 is 1.63 bits per heavy atom. The molecule has 0 aromatic heterocycles. The number of amides is 2. The van der Waals surface area contributed by atoms with E-state index < -0.39 is 0 Å². The molecule has 1 heterocycles. The van der Waals surface area contributed by atoms with Crippen LogP contribution in [0.15, 0.2) is 42.5 Å². The van der Waals surface area contributed by atoms with Gasteiger partial charge < -0.3 is 14.5 Å². The zero-order chi connectivity index (χ0) is 19.4. The summed E-state index contributed by atoms with van der Waals surface area (Å²) in [6.07, 6.45) is 0. The second-order valence-electron chi connectivity index (χ2n) is 6.69. The third kappa shape index (κ3) is 4.61. The Hall–Kier alpha value is -2.53. The van der Waals surface area contributed by atoms with Crippen LogP contribution in [0.5, 0.6) is 5.75 Å². The molecule has 0 saturated carbocycles. The number of rotatable bonds is 4. The SMILES string of the molecule is Cc1ccc(C(=O)N2CCN(C(=O)COc3ccccc3Cl)CC2)cc1C. The van der Waals surface area contributed by atoms with Crippen molar-refractivity contribution in [3.05, 3.63) is 64.2 Å². The maximum Gasteiger partial charge on any atom is 0.260 e. The van der Waals surface area contributed by atoms with Gasteiger partial charge in [-0.15, -0.1) is 0 Å². The minimum atomic E-state index is -0.104. The Morgan fingerprint density at radius 3 is 2.30 bits per heavy atom. The fourth-order valence-corrected chi connectivity index (χ4v) is 3.20. The highest BCUT2D eigenvalue weighted by Gasteiger charge is 2.25. The summed E-state index contributed by atoms with van der Waals surface area (Å²) in [7, 11) is 0. The summed E-state index contributed by atoms with van der Waals surface area (Å²) >= 11 is 6.03. The number of hydrogen-bond donors (Lipinski definition) is 0. The van der Waals surface area contributed by atoms with Crippen molar-refractivity contribution in [3.63, 3.8) is 0 Å². The molecule has 0 bridgehead atoms. The molecule has 1 aliphatic heterocycles. The highest BCUT2D eigenvalue weighted by Crippen LogP contribution is 2.23. The molecule has 27 heavy (non-hydrogen) atoms. The summed E-state index contributed by atoms with van der Waals surface area (Å²) in [5.41, 5.74) is 2.96. The lowest BCUT2D eigenvalue weighted by Gasteiger charge is -2.34. The van der Waals surface area contributed by atoms with E-state index >= 15 is 0 Å². The molecule has 2 aromatic carbocycles. The van der Waals surface area contributed by atoms with Gasteiger partial charge in [0, 0.05) is 31.7 Å². The first-order valence-electron chi connectivity index (χ1n) is 8.97. The number of nitrogens with zero attached hydrogens (tertiary/aromatic N) is 2. The Kier molecular flexibility index (Phi) is 6.01. The average molecular weight is 387 g/mol. The molecule has 0 N–H and O–H groups in total. The van der Waals surface area contributed by atoms with Gasteiger partial charge in [-0.05, 0) is 49.2 Å². The number of carbonyl (C=O) groups excluding carboxylic acids is 2. The van der Waals surface area contributed by atoms with Crippen molar-refractivity contribution < 1.29 is 14.3 Å². The van der Waals surface area contributed by atoms with Crippen LogP contribution < -0.4 is 4.74 Å². The maximum atomic E-state index is 12.7. The molecule has 1 saturated heterocycles. The van der Waals surface area contributed by atoms with Crippen LogP contribution in [0.2, 0.25) is 5.02 Å². The second kappa shape index (κ2) is 8.44. The van der Waals surface area contributed by atoms with Crippen molar-refractivity contribution >= 4 is 23.4 Å². The van der Waals surface area contributed by atoms with Gasteiger partial charge in [0.15, 0.2) is 6.61 Å². The number of benzene rings is 2. The first-order valence-corrected chi connectivity index (χ1v) is 9.35. The van der Waals surface area contributed by atoms with Gasteiger partial charge in [-0.3, -0.25) is 9.59 Å². The molecule has 1 fully saturated rings. The molecular formula is C21H23ClN2O3. The lowest BCUT2D eigenvalue weighted by molar-refractivity contribution is -0.134. The monoisotopic (exact) mass is 386 g/mol. The lowest BCUT2D eigenvalue weighted by Crippen LogP contribution is -2.51. The van der Waals surface area contributed by atoms with Crippen molar-refractivity contribution in [3.8, 4) is 5.75 Å². The molecule has 3 rings (SSSR count). The van der Waals surface area contributed by atoms with Gasteiger partial charge in [-0.2, -0.15) is 0 Å². The fraction of sp³-hybridized carbons (Fsp3) is 0.333. The number of aryl methyl sites for hydroxylation is 2. The molecule has 0 atom stereocenters. The Balaban J connectivity index is 1.52. The van der Waals surface area contributed by atoms with Gasteiger partial charge in [0.2, 0.25) is 0 Å². The summed E-state index contributed by atoms with van der Waals surface area (Å²) in [5, 5.41) is 0.481. The van der Waals surface area contributed by atoms with Crippen LogP contribution >= 0.6 is 11.6 Å². The van der Waals surface area contributed by atoms with Crippen molar-refractivity contribution in [1.29, 1.82) is 0 Å². The topological polar surface area (TPSA) is 49.9 Å². The third-order valence-corrected chi connectivity index (χ3v) is 5.17. The summed E-state index contributed by atoms with van der Waals surface area (Å²) in [6, 6.07) is 12.8. The largest absolute Gasteiger partial charge is 0.482 e. The maximum absolute atomic E-state index is 12.7. The number of halogens is 1. The quantitative estimate of drug-likeness (QED) is 0.809. The van der Waals surface area contributed by atoms with Crippen LogP contribution in [0.25, 0.3) is 0 Å². The highest BCUT2D eigenvalue weighted by atomic mass is 35.5. The van der Waals surface area contributed by atoms with Crippen LogP contribution in [0.4, 0.5) is 0 Å². The first kappa shape index (κ1) is 19.2. The van der Waals surface area contributed by atoms with Gasteiger partial charge in [-0.1, -0.05) is 29.8 Å². The van der Waals surface area contributed by atoms with E-state index in [2.05, 4.69) is 0 Å². The van der Waals surface area contributed by atoms with Crippen LogP contribution in [-0.4, -0.2) is 54.4 Å². The molecule has 0 unspecified atom stereocenters. The van der Waals surface area contributed by atoms with Gasteiger partial charge in [0.05, 0.1) is 5.02 Å². The van der Waals surface area contributed by atoms with Crippen molar-refractivity contribution in [2.75, 3.05) is 32.8 Å². The predicted molar refractivity (Wildman–Crippen MR) is 105 cm³/mol.